The summed E-state index contributed by atoms with van der Waals surface area (Å²) in [6.45, 7) is 4.90. The van der Waals surface area contributed by atoms with Gasteiger partial charge in [-0.05, 0) is 33.2 Å². The van der Waals surface area contributed by atoms with Crippen LogP contribution in [0.25, 0.3) is 11.4 Å². The summed E-state index contributed by atoms with van der Waals surface area (Å²) in [5, 5.41) is 24.6. The van der Waals surface area contributed by atoms with E-state index >= 15 is 0 Å². The molecule has 0 spiro atoms. The van der Waals surface area contributed by atoms with Crippen molar-refractivity contribution in [3.63, 3.8) is 0 Å². The molecule has 7 heteroatoms. The van der Waals surface area contributed by atoms with Crippen LogP contribution >= 0.6 is 0 Å². The fraction of sp³-hybridized carbons (Fsp3) is 0.556. The number of nitrogens with zero attached hydrogens (tertiary/aromatic N) is 3. The first-order valence-electron chi connectivity index (χ1n) is 8.62. The molecule has 2 atom stereocenters. The molecule has 1 aromatic carbocycles. The average molecular weight is 347 g/mol. The predicted molar refractivity (Wildman–Crippen MR) is 93.1 cm³/mol. The number of β-amino-alcohol motifs (C(OH)–C–C–N with tert-alkyl or cyclic N) is 1. The molecule has 1 saturated heterocycles. The second-order valence-corrected chi connectivity index (χ2v) is 7.21. The number of aliphatic hydroxyl groups is 2. The van der Waals surface area contributed by atoms with E-state index in [0.29, 0.717) is 12.4 Å². The molecule has 2 aromatic rings. The normalized spacial score (nSPS) is 20.1. The summed E-state index contributed by atoms with van der Waals surface area (Å²) in [4.78, 5) is 14.1. The number of likely N-dealkylation sites (tertiary alicyclic amines) is 1. The maximum Gasteiger partial charge on any atom is 0.441 e. The van der Waals surface area contributed by atoms with Crippen LogP contribution in [0.2, 0.25) is 0 Å². The summed E-state index contributed by atoms with van der Waals surface area (Å²) in [6.07, 6.45) is 1.13. The lowest BCUT2D eigenvalue weighted by Crippen LogP contribution is -2.48. The minimum absolute atomic E-state index is 0.00920. The van der Waals surface area contributed by atoms with Crippen LogP contribution in [0.5, 0.6) is 0 Å². The van der Waals surface area contributed by atoms with Crippen LogP contribution < -0.4 is 5.76 Å². The Bertz CT molecular complexity index is 748. The molecular weight excluding hydrogens is 322 g/mol. The first-order valence-corrected chi connectivity index (χ1v) is 8.62. The largest absolute Gasteiger partial charge is 0.441 e. The van der Waals surface area contributed by atoms with E-state index < -0.39 is 17.5 Å². The van der Waals surface area contributed by atoms with Gasteiger partial charge in [0, 0.05) is 18.2 Å². The molecule has 0 bridgehead atoms. The highest BCUT2D eigenvalue weighted by Gasteiger charge is 2.36. The monoisotopic (exact) mass is 347 g/mol. The van der Waals surface area contributed by atoms with Crippen LogP contribution in [0.3, 0.4) is 0 Å². The minimum atomic E-state index is -0.820. The first-order chi connectivity index (χ1) is 11.9. The van der Waals surface area contributed by atoms with Crippen molar-refractivity contribution in [1.82, 2.24) is 14.6 Å². The third kappa shape index (κ3) is 4.00. The molecule has 136 valence electrons. The Morgan fingerprint density at radius 1 is 1.32 bits per heavy atom. The van der Waals surface area contributed by atoms with Gasteiger partial charge < -0.3 is 10.2 Å². The van der Waals surface area contributed by atoms with Crippen LogP contribution in [0.4, 0.5) is 0 Å². The lowest BCUT2D eigenvalue weighted by atomic mass is 9.96. The maximum atomic E-state index is 12.0. The second-order valence-electron chi connectivity index (χ2n) is 7.21. The number of aliphatic hydroxyl groups excluding tert-OH is 1. The molecule has 7 nitrogen and oxygen atoms in total. The SMILES string of the molecule is CC(C)(O)C1CCCN1CC(O)Cn1c(-c2ccccc2)noc1=O. The zero-order valence-corrected chi connectivity index (χ0v) is 14.6. The molecule has 3 rings (SSSR count). The van der Waals surface area contributed by atoms with Gasteiger partial charge in [-0.1, -0.05) is 35.5 Å². The molecule has 2 unspecified atom stereocenters. The Hall–Kier alpha value is -1.96. The highest BCUT2D eigenvalue weighted by Crippen LogP contribution is 2.27. The molecule has 0 amide bonds. The Morgan fingerprint density at radius 3 is 2.72 bits per heavy atom. The lowest BCUT2D eigenvalue weighted by Gasteiger charge is -2.34. The Kier molecular flexibility index (Phi) is 5.08. The van der Waals surface area contributed by atoms with Crippen molar-refractivity contribution in [3.05, 3.63) is 40.9 Å². The van der Waals surface area contributed by atoms with Crippen LogP contribution in [0.15, 0.2) is 39.6 Å². The first kappa shape index (κ1) is 17.8. The summed E-state index contributed by atoms with van der Waals surface area (Å²) in [6, 6.07) is 9.27. The third-order valence-corrected chi connectivity index (χ3v) is 4.74. The number of benzene rings is 1. The predicted octanol–water partition coefficient (Wildman–Crippen LogP) is 1.10. The van der Waals surface area contributed by atoms with Crippen LogP contribution in [-0.4, -0.2) is 55.7 Å². The van der Waals surface area contributed by atoms with Crippen molar-refractivity contribution in [2.24, 2.45) is 0 Å². The molecule has 1 fully saturated rings. The highest BCUT2D eigenvalue weighted by molar-refractivity contribution is 5.54. The van der Waals surface area contributed by atoms with E-state index in [2.05, 4.69) is 10.1 Å². The number of hydrogen-bond donors (Lipinski definition) is 2. The van der Waals surface area contributed by atoms with Gasteiger partial charge in [-0.15, -0.1) is 0 Å². The van der Waals surface area contributed by atoms with Gasteiger partial charge in [0.25, 0.3) is 0 Å². The van der Waals surface area contributed by atoms with E-state index in [1.54, 1.807) is 13.8 Å². The van der Waals surface area contributed by atoms with E-state index in [0.717, 1.165) is 24.9 Å². The zero-order valence-electron chi connectivity index (χ0n) is 14.6. The quantitative estimate of drug-likeness (QED) is 0.813. The van der Waals surface area contributed by atoms with E-state index in [4.69, 9.17) is 4.52 Å². The fourth-order valence-electron chi connectivity index (χ4n) is 3.61. The van der Waals surface area contributed by atoms with Crippen molar-refractivity contribution in [2.75, 3.05) is 13.1 Å². The van der Waals surface area contributed by atoms with Crippen LogP contribution in [0.1, 0.15) is 26.7 Å². The molecule has 1 aliphatic heterocycles. The van der Waals surface area contributed by atoms with E-state index in [-0.39, 0.29) is 12.6 Å². The molecule has 1 aliphatic rings. The average Bonchev–Trinajstić information content (AvgIpc) is 3.16. The summed E-state index contributed by atoms with van der Waals surface area (Å²) in [7, 11) is 0. The molecule has 2 N–H and O–H groups in total. The van der Waals surface area contributed by atoms with Crippen molar-refractivity contribution in [1.29, 1.82) is 0 Å². The maximum absolute atomic E-state index is 12.0. The van der Waals surface area contributed by atoms with Crippen molar-refractivity contribution < 1.29 is 14.7 Å². The summed E-state index contributed by atoms with van der Waals surface area (Å²) in [5.41, 5.74) is -0.0597. The molecule has 25 heavy (non-hydrogen) atoms. The van der Waals surface area contributed by atoms with Gasteiger partial charge in [0.1, 0.15) is 0 Å². The fourth-order valence-corrected chi connectivity index (χ4v) is 3.61. The summed E-state index contributed by atoms with van der Waals surface area (Å²) in [5.74, 6) is -0.177. The van der Waals surface area contributed by atoms with Gasteiger partial charge in [-0.3, -0.25) is 14.0 Å². The zero-order chi connectivity index (χ0) is 18.0. The van der Waals surface area contributed by atoms with Gasteiger partial charge in [-0.2, -0.15) is 0 Å². The van der Waals surface area contributed by atoms with Crippen LogP contribution in [-0.2, 0) is 6.54 Å². The summed E-state index contributed by atoms with van der Waals surface area (Å²) >= 11 is 0. The Balaban J connectivity index is 1.73. The van der Waals surface area contributed by atoms with Crippen LogP contribution in [0, 0.1) is 0 Å². The Morgan fingerprint density at radius 2 is 2.04 bits per heavy atom. The van der Waals surface area contributed by atoms with E-state index in [1.807, 2.05) is 30.3 Å². The van der Waals surface area contributed by atoms with Gasteiger partial charge >= 0.3 is 5.76 Å². The van der Waals surface area contributed by atoms with Gasteiger partial charge in [0.05, 0.1) is 18.2 Å². The van der Waals surface area contributed by atoms with E-state index in [9.17, 15) is 15.0 Å². The molecule has 1 aromatic heterocycles. The molecular formula is C18H25N3O4. The Labute approximate surface area is 146 Å². The van der Waals surface area contributed by atoms with Crippen molar-refractivity contribution in [3.8, 4) is 11.4 Å². The molecule has 0 saturated carbocycles. The van der Waals surface area contributed by atoms with Gasteiger partial charge in [-0.25, -0.2) is 4.79 Å². The van der Waals surface area contributed by atoms with E-state index in [1.165, 1.54) is 4.57 Å². The third-order valence-electron chi connectivity index (χ3n) is 4.74. The van der Waals surface area contributed by atoms with Crippen molar-refractivity contribution in [2.45, 2.75) is 51.0 Å². The topological polar surface area (TPSA) is 91.7 Å². The van der Waals surface area contributed by atoms with Crippen molar-refractivity contribution >= 4 is 0 Å². The second kappa shape index (κ2) is 7.11. The number of aromatic nitrogens is 2. The molecule has 2 heterocycles. The lowest BCUT2D eigenvalue weighted by molar-refractivity contribution is -0.0176. The molecule has 0 radical (unpaired) electrons. The number of hydrogen-bond acceptors (Lipinski definition) is 6. The summed E-state index contributed by atoms with van der Waals surface area (Å²) < 4.78 is 6.15. The number of rotatable bonds is 6. The molecule has 0 aliphatic carbocycles. The minimum Gasteiger partial charge on any atom is -0.390 e. The smallest absolute Gasteiger partial charge is 0.390 e. The standard InChI is InChI=1S/C18H25N3O4/c1-18(2,24)15-9-6-10-20(15)11-14(22)12-21-16(19-25-17(21)23)13-7-4-3-5-8-13/h3-5,7-8,14-15,22,24H,6,9-12H2,1-2H3. The highest BCUT2D eigenvalue weighted by atomic mass is 16.5. The van der Waals surface area contributed by atoms with Gasteiger partial charge in [0.15, 0.2) is 5.82 Å². The van der Waals surface area contributed by atoms with Gasteiger partial charge in [0.2, 0.25) is 0 Å².